The van der Waals surface area contributed by atoms with Crippen LogP contribution in [0, 0.1) is 0 Å². The quantitative estimate of drug-likeness (QED) is 0.851. The Morgan fingerprint density at radius 1 is 1.09 bits per heavy atom. The molecule has 0 bridgehead atoms. The highest BCUT2D eigenvalue weighted by Gasteiger charge is 2.13. The Kier molecular flexibility index (Phi) is 6.05. The van der Waals surface area contributed by atoms with Crippen molar-refractivity contribution < 1.29 is 9.53 Å². The number of amides is 1. The Bertz CT molecular complexity index is 698. The van der Waals surface area contributed by atoms with Crippen LogP contribution >= 0.6 is 11.6 Å². The number of methoxy groups -OCH3 is 1. The highest BCUT2D eigenvalue weighted by Crippen LogP contribution is 2.22. The molecule has 0 aliphatic rings. The van der Waals surface area contributed by atoms with Gasteiger partial charge in [0.05, 0.1) is 12.7 Å². The molecule has 1 N–H and O–H groups in total. The second-order valence-electron chi connectivity index (χ2n) is 5.34. The van der Waals surface area contributed by atoms with E-state index in [9.17, 15) is 4.79 Å². The van der Waals surface area contributed by atoms with Gasteiger partial charge in [0.2, 0.25) is 0 Å². The number of rotatable bonds is 6. The molecule has 122 valence electrons. The van der Waals surface area contributed by atoms with Crippen molar-refractivity contribution in [1.29, 1.82) is 0 Å². The fourth-order valence-corrected chi connectivity index (χ4v) is 2.71. The number of halogens is 1. The average molecular weight is 332 g/mol. The van der Waals surface area contributed by atoms with Crippen LogP contribution in [0.4, 0.5) is 0 Å². The van der Waals surface area contributed by atoms with Crippen molar-refractivity contribution in [3.63, 3.8) is 0 Å². The van der Waals surface area contributed by atoms with Crippen LogP contribution in [0.15, 0.2) is 36.4 Å². The monoisotopic (exact) mass is 331 g/mol. The number of ether oxygens (including phenoxy) is 1. The molecule has 23 heavy (non-hydrogen) atoms. The van der Waals surface area contributed by atoms with Crippen LogP contribution in [0.25, 0.3) is 0 Å². The van der Waals surface area contributed by atoms with Crippen LogP contribution in [0.3, 0.4) is 0 Å². The molecule has 1 amide bonds. The van der Waals surface area contributed by atoms with Crippen molar-refractivity contribution in [3.05, 3.63) is 63.7 Å². The number of carbonyl (C=O) groups is 1. The number of aryl methyl sites for hydroxylation is 2. The van der Waals surface area contributed by atoms with E-state index >= 15 is 0 Å². The largest absolute Gasteiger partial charge is 0.496 e. The van der Waals surface area contributed by atoms with E-state index in [1.165, 1.54) is 11.1 Å². The molecule has 2 aromatic rings. The molecule has 0 spiro atoms. The van der Waals surface area contributed by atoms with Gasteiger partial charge in [-0.25, -0.2) is 0 Å². The van der Waals surface area contributed by atoms with Crippen LogP contribution in [0.1, 0.15) is 40.9 Å². The summed E-state index contributed by atoms with van der Waals surface area (Å²) in [7, 11) is 1.54. The molecular weight excluding hydrogens is 310 g/mol. The predicted octanol–water partition coefficient (Wildman–Crippen LogP) is 4.40. The zero-order valence-corrected chi connectivity index (χ0v) is 14.5. The summed E-state index contributed by atoms with van der Waals surface area (Å²) in [5, 5.41) is 3.48. The smallest absolute Gasteiger partial charge is 0.255 e. The third kappa shape index (κ3) is 4.26. The molecule has 0 aliphatic carbocycles. The van der Waals surface area contributed by atoms with E-state index in [2.05, 4.69) is 37.4 Å². The minimum Gasteiger partial charge on any atom is -0.496 e. The number of carbonyl (C=O) groups excluding carboxylic acids is 1. The maximum Gasteiger partial charge on any atom is 0.255 e. The standard InChI is InChI=1S/C19H22ClNO2/c1-4-13-6-7-14(5-2)15(10-13)12-21-19(22)17-11-16(20)8-9-18(17)23-3/h6-11H,4-5,12H2,1-3H3,(H,21,22). The number of benzene rings is 2. The Morgan fingerprint density at radius 2 is 1.87 bits per heavy atom. The van der Waals surface area contributed by atoms with Crippen molar-refractivity contribution in [2.24, 2.45) is 0 Å². The minimum absolute atomic E-state index is 0.187. The van der Waals surface area contributed by atoms with Crippen LogP contribution in [-0.4, -0.2) is 13.0 Å². The topological polar surface area (TPSA) is 38.3 Å². The third-order valence-electron chi connectivity index (χ3n) is 3.91. The van der Waals surface area contributed by atoms with E-state index in [4.69, 9.17) is 16.3 Å². The Morgan fingerprint density at radius 3 is 2.52 bits per heavy atom. The van der Waals surface area contributed by atoms with Gasteiger partial charge in [0, 0.05) is 11.6 Å². The van der Waals surface area contributed by atoms with Gasteiger partial charge in [0.25, 0.3) is 5.91 Å². The van der Waals surface area contributed by atoms with Crippen molar-refractivity contribution in [2.45, 2.75) is 33.2 Å². The highest BCUT2D eigenvalue weighted by molar-refractivity contribution is 6.31. The summed E-state index contributed by atoms with van der Waals surface area (Å²) in [5.74, 6) is 0.332. The Balaban J connectivity index is 2.18. The molecule has 4 heteroatoms. The molecular formula is C19H22ClNO2. The first kappa shape index (κ1) is 17.4. The summed E-state index contributed by atoms with van der Waals surface area (Å²) in [6.45, 7) is 4.73. The first-order valence-electron chi connectivity index (χ1n) is 7.81. The van der Waals surface area contributed by atoms with E-state index in [1.807, 2.05) is 0 Å². The number of nitrogens with one attached hydrogen (secondary N) is 1. The van der Waals surface area contributed by atoms with Crippen molar-refractivity contribution in [1.82, 2.24) is 5.32 Å². The van der Waals surface area contributed by atoms with E-state index in [0.717, 1.165) is 18.4 Å². The lowest BCUT2D eigenvalue weighted by Crippen LogP contribution is -2.24. The zero-order valence-electron chi connectivity index (χ0n) is 13.8. The summed E-state index contributed by atoms with van der Waals surface area (Å²) >= 11 is 5.99. The van der Waals surface area contributed by atoms with Crippen molar-refractivity contribution in [3.8, 4) is 5.75 Å². The molecule has 0 unspecified atom stereocenters. The van der Waals surface area contributed by atoms with Gasteiger partial charge in [-0.15, -0.1) is 0 Å². The van der Waals surface area contributed by atoms with Crippen LogP contribution < -0.4 is 10.1 Å². The van der Waals surface area contributed by atoms with Crippen LogP contribution in [0.2, 0.25) is 5.02 Å². The van der Waals surface area contributed by atoms with Crippen molar-refractivity contribution >= 4 is 17.5 Å². The fourth-order valence-electron chi connectivity index (χ4n) is 2.54. The molecule has 0 aliphatic heterocycles. The summed E-state index contributed by atoms with van der Waals surface area (Å²) in [4.78, 5) is 12.5. The zero-order chi connectivity index (χ0) is 16.8. The lowest BCUT2D eigenvalue weighted by molar-refractivity contribution is 0.0948. The van der Waals surface area contributed by atoms with E-state index in [1.54, 1.807) is 25.3 Å². The minimum atomic E-state index is -0.187. The van der Waals surface area contributed by atoms with Gasteiger partial charge < -0.3 is 10.1 Å². The maximum atomic E-state index is 12.5. The second-order valence-corrected chi connectivity index (χ2v) is 5.77. The first-order valence-corrected chi connectivity index (χ1v) is 8.19. The molecule has 0 fully saturated rings. The van der Waals surface area contributed by atoms with Crippen LogP contribution in [-0.2, 0) is 19.4 Å². The van der Waals surface area contributed by atoms with E-state index in [-0.39, 0.29) is 5.91 Å². The highest BCUT2D eigenvalue weighted by atomic mass is 35.5. The normalized spacial score (nSPS) is 10.4. The van der Waals surface area contributed by atoms with Crippen LogP contribution in [0.5, 0.6) is 5.75 Å². The lowest BCUT2D eigenvalue weighted by Gasteiger charge is -2.13. The summed E-state index contributed by atoms with van der Waals surface area (Å²) in [6.07, 6.45) is 1.92. The molecule has 0 saturated carbocycles. The molecule has 0 radical (unpaired) electrons. The number of hydrogen-bond acceptors (Lipinski definition) is 2. The molecule has 3 nitrogen and oxygen atoms in total. The molecule has 2 aromatic carbocycles. The van der Waals surface area contributed by atoms with Gasteiger partial charge in [0.15, 0.2) is 0 Å². The summed E-state index contributed by atoms with van der Waals surface area (Å²) < 4.78 is 5.24. The summed E-state index contributed by atoms with van der Waals surface area (Å²) in [5.41, 5.74) is 4.12. The van der Waals surface area contributed by atoms with Crippen molar-refractivity contribution in [2.75, 3.05) is 7.11 Å². The predicted molar refractivity (Wildman–Crippen MR) is 94.4 cm³/mol. The average Bonchev–Trinajstić information content (AvgIpc) is 2.59. The SMILES string of the molecule is CCc1ccc(CC)c(CNC(=O)c2cc(Cl)ccc2OC)c1. The second kappa shape index (κ2) is 8.02. The molecule has 0 saturated heterocycles. The van der Waals surface area contributed by atoms with Gasteiger partial charge >= 0.3 is 0 Å². The van der Waals surface area contributed by atoms with Gasteiger partial charge in [-0.2, -0.15) is 0 Å². The fraction of sp³-hybridized carbons (Fsp3) is 0.316. The maximum absolute atomic E-state index is 12.5. The van der Waals surface area contributed by atoms with E-state index in [0.29, 0.717) is 22.9 Å². The van der Waals surface area contributed by atoms with Gasteiger partial charge in [-0.3, -0.25) is 4.79 Å². The number of hydrogen-bond donors (Lipinski definition) is 1. The van der Waals surface area contributed by atoms with Gasteiger partial charge in [0.1, 0.15) is 5.75 Å². The van der Waals surface area contributed by atoms with Gasteiger partial charge in [-0.05, 0) is 47.7 Å². The lowest BCUT2D eigenvalue weighted by atomic mass is 10.0. The summed E-state index contributed by atoms with van der Waals surface area (Å²) in [6, 6.07) is 11.5. The Labute approximate surface area is 142 Å². The van der Waals surface area contributed by atoms with Gasteiger partial charge in [-0.1, -0.05) is 43.6 Å². The third-order valence-corrected chi connectivity index (χ3v) is 4.14. The first-order chi connectivity index (χ1) is 11.1. The molecule has 0 heterocycles. The molecule has 0 aromatic heterocycles. The molecule has 0 atom stereocenters. The Hall–Kier alpha value is -2.00. The van der Waals surface area contributed by atoms with E-state index < -0.39 is 0 Å². The molecule has 2 rings (SSSR count).